The minimum Gasteiger partial charge on any atom is -0.497 e. The second-order valence-corrected chi connectivity index (χ2v) is 4.75. The Morgan fingerprint density at radius 3 is 2.78 bits per heavy atom. The number of hydrogen-bond acceptors (Lipinski definition) is 2. The zero-order chi connectivity index (χ0) is 12.9. The molecule has 0 spiro atoms. The van der Waals surface area contributed by atoms with Crippen molar-refractivity contribution in [2.24, 2.45) is 7.05 Å². The molecule has 0 atom stereocenters. The number of benzene rings is 1. The van der Waals surface area contributed by atoms with Gasteiger partial charge in [0, 0.05) is 31.5 Å². The second kappa shape index (κ2) is 3.77. The monoisotopic (exact) mass is 244 g/mol. The summed E-state index contributed by atoms with van der Waals surface area (Å²) >= 11 is 0. The molecule has 0 aliphatic carbocycles. The normalized spacial score (nSPS) is 15.1. The van der Waals surface area contributed by atoms with Gasteiger partial charge in [-0.3, -0.25) is 4.79 Å². The molecule has 4 heteroatoms. The number of carbonyl (C=O) groups excluding carboxylic acids is 1. The summed E-state index contributed by atoms with van der Waals surface area (Å²) < 4.78 is 7.25. The second-order valence-electron chi connectivity index (χ2n) is 4.75. The molecule has 0 N–H and O–H groups in total. The quantitative estimate of drug-likeness (QED) is 0.767. The van der Waals surface area contributed by atoms with Crippen molar-refractivity contribution >= 4 is 16.8 Å². The van der Waals surface area contributed by atoms with Crippen LogP contribution in [0.25, 0.3) is 10.9 Å². The maximum absolute atomic E-state index is 12.2. The third-order valence-electron chi connectivity index (χ3n) is 3.76. The van der Waals surface area contributed by atoms with Crippen LogP contribution in [0, 0.1) is 0 Å². The van der Waals surface area contributed by atoms with Gasteiger partial charge in [-0.2, -0.15) is 0 Å². The van der Waals surface area contributed by atoms with E-state index in [2.05, 4.69) is 0 Å². The molecule has 0 bridgehead atoms. The van der Waals surface area contributed by atoms with Crippen molar-refractivity contribution in [1.29, 1.82) is 0 Å². The molecule has 1 aliphatic rings. The van der Waals surface area contributed by atoms with Crippen molar-refractivity contribution < 1.29 is 9.53 Å². The Kier molecular flexibility index (Phi) is 2.33. The Labute approximate surface area is 106 Å². The zero-order valence-corrected chi connectivity index (χ0v) is 10.9. The number of hydrogen-bond donors (Lipinski definition) is 0. The fraction of sp³-hybridized carbons (Fsp3) is 0.357. The lowest BCUT2D eigenvalue weighted by molar-refractivity contribution is 0.0771. The average Bonchev–Trinajstić information content (AvgIpc) is 2.67. The number of rotatable bonds is 1. The van der Waals surface area contributed by atoms with Gasteiger partial charge < -0.3 is 14.2 Å². The van der Waals surface area contributed by atoms with Crippen molar-refractivity contribution in [2.75, 3.05) is 20.7 Å². The molecule has 1 amide bonds. The first kappa shape index (κ1) is 11.1. The lowest BCUT2D eigenvalue weighted by Crippen LogP contribution is -2.35. The zero-order valence-electron chi connectivity index (χ0n) is 10.9. The summed E-state index contributed by atoms with van der Waals surface area (Å²) in [4.78, 5) is 14.0. The predicted molar refractivity (Wildman–Crippen MR) is 70.1 cm³/mol. The number of aromatic nitrogens is 1. The number of nitrogens with zero attached hydrogens (tertiary/aromatic N) is 2. The maximum atomic E-state index is 12.2. The topological polar surface area (TPSA) is 34.5 Å². The highest BCUT2D eigenvalue weighted by Crippen LogP contribution is 2.31. The van der Waals surface area contributed by atoms with Crippen LogP contribution in [0.3, 0.4) is 0 Å². The molecule has 0 radical (unpaired) electrons. The van der Waals surface area contributed by atoms with Gasteiger partial charge in [0.05, 0.1) is 7.11 Å². The number of carbonyl (C=O) groups is 1. The number of likely N-dealkylation sites (N-methyl/N-ethyl adjacent to an activating group) is 1. The summed E-state index contributed by atoms with van der Waals surface area (Å²) in [5.41, 5.74) is 3.05. The van der Waals surface area contributed by atoms with E-state index < -0.39 is 0 Å². The van der Waals surface area contributed by atoms with Crippen LogP contribution in [0.5, 0.6) is 5.75 Å². The first-order chi connectivity index (χ1) is 8.63. The molecule has 1 aromatic carbocycles. The smallest absolute Gasteiger partial charge is 0.270 e. The van der Waals surface area contributed by atoms with Crippen LogP contribution >= 0.6 is 0 Å². The number of amides is 1. The largest absolute Gasteiger partial charge is 0.497 e. The molecule has 94 valence electrons. The number of aryl methyl sites for hydroxylation is 1. The van der Waals surface area contributed by atoms with Gasteiger partial charge in [0.1, 0.15) is 11.4 Å². The van der Waals surface area contributed by atoms with E-state index in [-0.39, 0.29) is 5.91 Å². The fourth-order valence-electron chi connectivity index (χ4n) is 2.71. The summed E-state index contributed by atoms with van der Waals surface area (Å²) in [6.45, 7) is 0.780. The summed E-state index contributed by atoms with van der Waals surface area (Å²) in [7, 11) is 5.46. The minimum absolute atomic E-state index is 0.105. The molecule has 1 aromatic heterocycles. The molecule has 2 aromatic rings. The van der Waals surface area contributed by atoms with Gasteiger partial charge in [0.15, 0.2) is 0 Å². The van der Waals surface area contributed by atoms with Crippen LogP contribution in [0.1, 0.15) is 16.1 Å². The van der Waals surface area contributed by atoms with Crippen molar-refractivity contribution in [3.05, 3.63) is 29.5 Å². The van der Waals surface area contributed by atoms with Crippen LogP contribution in [-0.2, 0) is 13.5 Å². The van der Waals surface area contributed by atoms with Gasteiger partial charge in [0.25, 0.3) is 5.91 Å². The van der Waals surface area contributed by atoms with Gasteiger partial charge in [0.2, 0.25) is 0 Å². The number of fused-ring (bicyclic) bond motifs is 3. The van der Waals surface area contributed by atoms with E-state index in [0.717, 1.165) is 40.9 Å². The van der Waals surface area contributed by atoms with Gasteiger partial charge >= 0.3 is 0 Å². The Morgan fingerprint density at radius 2 is 2.06 bits per heavy atom. The molecular weight excluding hydrogens is 228 g/mol. The van der Waals surface area contributed by atoms with Crippen LogP contribution in [0.2, 0.25) is 0 Å². The lowest BCUT2D eigenvalue weighted by atomic mass is 10.0. The molecule has 0 saturated heterocycles. The predicted octanol–water partition coefficient (Wildman–Crippen LogP) is 1.81. The van der Waals surface area contributed by atoms with E-state index in [4.69, 9.17) is 4.74 Å². The molecule has 0 unspecified atom stereocenters. The van der Waals surface area contributed by atoms with Gasteiger partial charge in [-0.05, 0) is 30.2 Å². The van der Waals surface area contributed by atoms with Gasteiger partial charge in [-0.1, -0.05) is 0 Å². The molecule has 2 heterocycles. The summed E-state index contributed by atoms with van der Waals surface area (Å²) in [5.74, 6) is 0.941. The SMILES string of the molecule is COc1ccc2c(c1)c1c(n2C)C(=O)N(C)CC1. The molecule has 0 saturated carbocycles. The van der Waals surface area contributed by atoms with Crippen molar-refractivity contribution in [1.82, 2.24) is 9.47 Å². The van der Waals surface area contributed by atoms with E-state index in [0.29, 0.717) is 0 Å². The molecule has 4 nitrogen and oxygen atoms in total. The lowest BCUT2D eigenvalue weighted by Gasteiger charge is -2.23. The van der Waals surface area contributed by atoms with Crippen molar-refractivity contribution in [3.63, 3.8) is 0 Å². The molecule has 1 aliphatic heterocycles. The number of methoxy groups -OCH3 is 1. The maximum Gasteiger partial charge on any atom is 0.270 e. The van der Waals surface area contributed by atoms with Crippen LogP contribution in [0.15, 0.2) is 18.2 Å². The average molecular weight is 244 g/mol. The summed E-state index contributed by atoms with van der Waals surface area (Å²) in [6.07, 6.45) is 0.905. The molecule has 3 rings (SSSR count). The highest BCUT2D eigenvalue weighted by molar-refractivity contribution is 6.03. The first-order valence-electron chi connectivity index (χ1n) is 6.04. The van der Waals surface area contributed by atoms with E-state index in [9.17, 15) is 4.79 Å². The first-order valence-corrected chi connectivity index (χ1v) is 6.04. The molecule has 18 heavy (non-hydrogen) atoms. The summed E-state index contributed by atoms with van der Waals surface area (Å²) in [6, 6.07) is 5.97. The third kappa shape index (κ3) is 1.35. The van der Waals surface area contributed by atoms with Crippen molar-refractivity contribution in [3.8, 4) is 5.75 Å². The number of ether oxygens (including phenoxy) is 1. The molecular formula is C14H16N2O2. The highest BCUT2D eigenvalue weighted by atomic mass is 16.5. The highest BCUT2D eigenvalue weighted by Gasteiger charge is 2.27. The Morgan fingerprint density at radius 1 is 1.28 bits per heavy atom. The Balaban J connectivity index is 2.33. The van der Waals surface area contributed by atoms with E-state index in [1.807, 2.05) is 36.9 Å². The van der Waals surface area contributed by atoms with Crippen LogP contribution in [0.4, 0.5) is 0 Å². The van der Waals surface area contributed by atoms with E-state index in [1.54, 1.807) is 12.0 Å². The van der Waals surface area contributed by atoms with E-state index >= 15 is 0 Å². The molecule has 0 fully saturated rings. The van der Waals surface area contributed by atoms with Gasteiger partial charge in [-0.25, -0.2) is 0 Å². The Bertz CT molecular complexity index is 643. The third-order valence-corrected chi connectivity index (χ3v) is 3.76. The fourth-order valence-corrected chi connectivity index (χ4v) is 2.71. The Hall–Kier alpha value is -1.97. The van der Waals surface area contributed by atoms with Crippen LogP contribution < -0.4 is 4.74 Å². The van der Waals surface area contributed by atoms with Crippen LogP contribution in [-0.4, -0.2) is 36.1 Å². The standard InChI is InChI=1S/C14H16N2O2/c1-15-7-6-10-11-8-9(18-3)4-5-12(11)16(2)13(10)14(15)17/h4-5,8H,6-7H2,1-3H3. The minimum atomic E-state index is 0.105. The van der Waals surface area contributed by atoms with Crippen molar-refractivity contribution in [2.45, 2.75) is 6.42 Å². The van der Waals surface area contributed by atoms with Gasteiger partial charge in [-0.15, -0.1) is 0 Å². The van der Waals surface area contributed by atoms with E-state index in [1.165, 1.54) is 0 Å². The summed E-state index contributed by atoms with van der Waals surface area (Å²) in [5, 5.41) is 1.13.